The molecule has 1 N–H and O–H groups in total. The third-order valence-electron chi connectivity index (χ3n) is 2.40. The molecular formula is C12H15ClN2S. The zero-order valence-electron chi connectivity index (χ0n) is 9.24. The van der Waals surface area contributed by atoms with Crippen molar-refractivity contribution >= 4 is 34.2 Å². The first-order chi connectivity index (χ1) is 7.78. The van der Waals surface area contributed by atoms with Gasteiger partial charge in [0, 0.05) is 16.0 Å². The van der Waals surface area contributed by atoms with Gasteiger partial charge < -0.3 is 5.32 Å². The van der Waals surface area contributed by atoms with Gasteiger partial charge in [0.15, 0.2) is 5.17 Å². The Morgan fingerprint density at radius 2 is 2.44 bits per heavy atom. The first kappa shape index (κ1) is 11.8. The fraction of sp³-hybridized carbons (Fsp3) is 0.417. The summed E-state index contributed by atoms with van der Waals surface area (Å²) < 4.78 is 0. The van der Waals surface area contributed by atoms with Crippen molar-refractivity contribution in [1.29, 1.82) is 0 Å². The fourth-order valence-corrected chi connectivity index (χ4v) is 2.98. The van der Waals surface area contributed by atoms with Crippen LogP contribution in [0.5, 0.6) is 0 Å². The predicted octanol–water partition coefficient (Wildman–Crippen LogP) is 4.02. The second kappa shape index (κ2) is 5.60. The van der Waals surface area contributed by atoms with Crippen LogP contribution in [-0.4, -0.2) is 17.0 Å². The predicted molar refractivity (Wildman–Crippen MR) is 73.7 cm³/mol. The van der Waals surface area contributed by atoms with Crippen molar-refractivity contribution in [2.24, 2.45) is 4.99 Å². The summed E-state index contributed by atoms with van der Waals surface area (Å²) in [5, 5.41) is 5.71. The highest BCUT2D eigenvalue weighted by Crippen LogP contribution is 2.26. The third-order valence-corrected chi connectivity index (χ3v) is 3.81. The molecule has 86 valence electrons. The Kier molecular flexibility index (Phi) is 4.13. The number of benzene rings is 1. The molecule has 1 heterocycles. The van der Waals surface area contributed by atoms with Crippen molar-refractivity contribution in [3.63, 3.8) is 0 Å². The van der Waals surface area contributed by atoms with Crippen molar-refractivity contribution in [1.82, 2.24) is 0 Å². The molecule has 1 aromatic carbocycles. The topological polar surface area (TPSA) is 24.4 Å². The zero-order valence-corrected chi connectivity index (χ0v) is 10.8. The molecule has 4 heteroatoms. The molecule has 0 saturated carbocycles. The Morgan fingerprint density at radius 1 is 1.56 bits per heavy atom. The van der Waals surface area contributed by atoms with E-state index in [1.54, 1.807) is 0 Å². The van der Waals surface area contributed by atoms with E-state index in [1.807, 2.05) is 36.0 Å². The number of anilines is 1. The van der Waals surface area contributed by atoms with E-state index in [9.17, 15) is 0 Å². The Labute approximate surface area is 105 Å². The minimum Gasteiger partial charge on any atom is -0.335 e. The van der Waals surface area contributed by atoms with Gasteiger partial charge >= 0.3 is 0 Å². The first-order valence-electron chi connectivity index (χ1n) is 5.51. The van der Waals surface area contributed by atoms with Crippen LogP contribution >= 0.6 is 23.4 Å². The highest BCUT2D eigenvalue weighted by molar-refractivity contribution is 8.15. The van der Waals surface area contributed by atoms with Gasteiger partial charge in [-0.1, -0.05) is 42.8 Å². The maximum atomic E-state index is 5.92. The zero-order chi connectivity index (χ0) is 11.4. The molecule has 1 aromatic rings. The Morgan fingerprint density at radius 3 is 3.19 bits per heavy atom. The molecule has 0 fully saturated rings. The molecule has 0 saturated heterocycles. The molecule has 0 bridgehead atoms. The summed E-state index contributed by atoms with van der Waals surface area (Å²) in [7, 11) is 0. The molecule has 0 amide bonds. The van der Waals surface area contributed by atoms with Gasteiger partial charge in [0.05, 0.1) is 6.54 Å². The maximum Gasteiger partial charge on any atom is 0.161 e. The van der Waals surface area contributed by atoms with E-state index >= 15 is 0 Å². The standard InChI is InChI=1S/C12H15ClN2S/c1-2-4-11-8-14-12(16-11)15-10-6-3-5-9(13)7-10/h3,5-7,11H,2,4,8H2,1H3,(H,14,15). The van der Waals surface area contributed by atoms with Crippen LogP contribution in [0, 0.1) is 0 Å². The number of rotatable bonds is 3. The fourth-order valence-electron chi connectivity index (χ4n) is 1.65. The minimum absolute atomic E-state index is 0.645. The highest BCUT2D eigenvalue weighted by atomic mass is 35.5. The normalized spacial score (nSPS) is 19.6. The van der Waals surface area contributed by atoms with Gasteiger partial charge in [0.1, 0.15) is 0 Å². The van der Waals surface area contributed by atoms with Crippen LogP contribution < -0.4 is 5.32 Å². The van der Waals surface area contributed by atoms with Crippen LogP contribution in [-0.2, 0) is 0 Å². The first-order valence-corrected chi connectivity index (χ1v) is 6.77. The number of nitrogens with zero attached hydrogens (tertiary/aromatic N) is 1. The summed E-state index contributed by atoms with van der Waals surface area (Å²) in [6.45, 7) is 3.14. The summed E-state index contributed by atoms with van der Waals surface area (Å²) >= 11 is 7.75. The highest BCUT2D eigenvalue weighted by Gasteiger charge is 2.18. The molecule has 2 rings (SSSR count). The van der Waals surface area contributed by atoms with E-state index < -0.39 is 0 Å². The van der Waals surface area contributed by atoms with Gasteiger partial charge in [0.25, 0.3) is 0 Å². The lowest BCUT2D eigenvalue weighted by molar-refractivity contribution is 0.754. The monoisotopic (exact) mass is 254 g/mol. The Balaban J connectivity index is 1.92. The van der Waals surface area contributed by atoms with E-state index in [1.165, 1.54) is 12.8 Å². The summed E-state index contributed by atoms with van der Waals surface area (Å²) in [4.78, 5) is 4.49. The maximum absolute atomic E-state index is 5.92. The number of nitrogens with one attached hydrogen (secondary N) is 1. The second-order valence-electron chi connectivity index (χ2n) is 3.81. The van der Waals surface area contributed by atoms with E-state index in [0.29, 0.717) is 5.25 Å². The van der Waals surface area contributed by atoms with Gasteiger partial charge in [-0.3, -0.25) is 4.99 Å². The SMILES string of the molecule is CCCC1CN=C(Nc2cccc(Cl)c2)S1. The van der Waals surface area contributed by atoms with Crippen LogP contribution in [0.3, 0.4) is 0 Å². The van der Waals surface area contributed by atoms with Crippen molar-refractivity contribution < 1.29 is 0 Å². The van der Waals surface area contributed by atoms with Crippen molar-refractivity contribution in [2.75, 3.05) is 11.9 Å². The molecule has 16 heavy (non-hydrogen) atoms. The second-order valence-corrected chi connectivity index (χ2v) is 5.54. The molecule has 1 atom stereocenters. The van der Waals surface area contributed by atoms with Crippen LogP contribution in [0.4, 0.5) is 5.69 Å². The quantitative estimate of drug-likeness (QED) is 0.881. The largest absolute Gasteiger partial charge is 0.335 e. The molecule has 1 aliphatic heterocycles. The Bertz CT molecular complexity index is 392. The number of thioether (sulfide) groups is 1. The summed E-state index contributed by atoms with van der Waals surface area (Å²) in [5.74, 6) is 0. The lowest BCUT2D eigenvalue weighted by atomic mass is 10.2. The number of hydrogen-bond acceptors (Lipinski definition) is 3. The van der Waals surface area contributed by atoms with Crippen LogP contribution in [0.15, 0.2) is 29.3 Å². The van der Waals surface area contributed by atoms with Crippen molar-refractivity contribution in [3.05, 3.63) is 29.3 Å². The number of halogens is 1. The smallest absolute Gasteiger partial charge is 0.161 e. The van der Waals surface area contributed by atoms with Gasteiger partial charge in [-0.05, 0) is 24.6 Å². The van der Waals surface area contributed by atoms with Crippen LogP contribution in [0.25, 0.3) is 0 Å². The molecule has 1 unspecified atom stereocenters. The summed E-state index contributed by atoms with van der Waals surface area (Å²) in [6, 6.07) is 7.73. The van der Waals surface area contributed by atoms with Crippen LogP contribution in [0.1, 0.15) is 19.8 Å². The number of amidine groups is 1. The van der Waals surface area contributed by atoms with Gasteiger partial charge in [0.2, 0.25) is 0 Å². The molecule has 0 aromatic heterocycles. The molecule has 0 aliphatic carbocycles. The molecular weight excluding hydrogens is 240 g/mol. The minimum atomic E-state index is 0.645. The van der Waals surface area contributed by atoms with Crippen molar-refractivity contribution in [3.8, 4) is 0 Å². The van der Waals surface area contributed by atoms with E-state index in [-0.39, 0.29) is 0 Å². The van der Waals surface area contributed by atoms with E-state index in [0.717, 1.165) is 22.4 Å². The van der Waals surface area contributed by atoms with Gasteiger partial charge in [-0.25, -0.2) is 0 Å². The molecule has 2 nitrogen and oxygen atoms in total. The average Bonchev–Trinajstić information content (AvgIpc) is 2.66. The molecule has 0 radical (unpaired) electrons. The summed E-state index contributed by atoms with van der Waals surface area (Å²) in [6.07, 6.45) is 2.45. The number of hydrogen-bond donors (Lipinski definition) is 1. The lowest BCUT2D eigenvalue weighted by Crippen LogP contribution is -2.07. The van der Waals surface area contributed by atoms with Gasteiger partial charge in [-0.2, -0.15) is 0 Å². The average molecular weight is 255 g/mol. The number of aliphatic imine (C=N–C) groups is 1. The Hall–Kier alpha value is -0.670. The van der Waals surface area contributed by atoms with Crippen molar-refractivity contribution in [2.45, 2.75) is 25.0 Å². The van der Waals surface area contributed by atoms with Crippen LogP contribution in [0.2, 0.25) is 5.02 Å². The summed E-state index contributed by atoms with van der Waals surface area (Å²) in [5.41, 5.74) is 1.01. The van der Waals surface area contributed by atoms with E-state index in [2.05, 4.69) is 17.2 Å². The lowest BCUT2D eigenvalue weighted by Gasteiger charge is -2.07. The molecule has 0 spiro atoms. The third kappa shape index (κ3) is 3.16. The van der Waals surface area contributed by atoms with E-state index in [4.69, 9.17) is 11.6 Å². The van der Waals surface area contributed by atoms with Gasteiger partial charge in [-0.15, -0.1) is 0 Å². The molecule has 1 aliphatic rings.